The Hall–Kier alpha value is -2.21. The van der Waals surface area contributed by atoms with Crippen molar-refractivity contribution in [1.82, 2.24) is 10.2 Å². The molecule has 1 unspecified atom stereocenters. The highest BCUT2D eigenvalue weighted by molar-refractivity contribution is 6.01. The molecule has 2 aliphatic heterocycles. The fourth-order valence-corrected chi connectivity index (χ4v) is 2.97. The number of carbonyl (C=O) groups is 3. The van der Waals surface area contributed by atoms with Crippen LogP contribution in [0.5, 0.6) is 0 Å². The molecule has 2 aliphatic rings. The fourth-order valence-electron chi connectivity index (χ4n) is 2.97. The number of nitrogens with two attached hydrogens (primary N) is 1. The van der Waals surface area contributed by atoms with Crippen LogP contribution in [0.25, 0.3) is 0 Å². The number of nitrogens with zero attached hydrogens (tertiary/aromatic N) is 1. The highest BCUT2D eigenvalue weighted by atomic mass is 16.2. The third-order valence-electron chi connectivity index (χ3n) is 4.05. The highest BCUT2D eigenvalue weighted by Gasteiger charge is 2.31. The van der Waals surface area contributed by atoms with Gasteiger partial charge in [-0.25, -0.2) is 0 Å². The van der Waals surface area contributed by atoms with Crippen molar-refractivity contribution < 1.29 is 14.4 Å². The van der Waals surface area contributed by atoms with E-state index in [1.54, 1.807) is 11.0 Å². The lowest BCUT2D eigenvalue weighted by molar-refractivity contribution is -0.134. The van der Waals surface area contributed by atoms with Gasteiger partial charge in [-0.15, -0.1) is 0 Å². The topological polar surface area (TPSA) is 92.5 Å². The van der Waals surface area contributed by atoms with Gasteiger partial charge in [0.15, 0.2) is 0 Å². The van der Waals surface area contributed by atoms with Crippen molar-refractivity contribution in [2.45, 2.75) is 25.3 Å². The molecule has 1 atom stereocenters. The van der Waals surface area contributed by atoms with Crippen LogP contribution >= 0.6 is 0 Å². The van der Waals surface area contributed by atoms with Crippen LogP contribution in [0.15, 0.2) is 18.2 Å². The van der Waals surface area contributed by atoms with E-state index in [1.165, 1.54) is 0 Å². The van der Waals surface area contributed by atoms with E-state index < -0.39 is 0 Å². The van der Waals surface area contributed by atoms with E-state index in [1.807, 2.05) is 12.1 Å². The zero-order valence-corrected chi connectivity index (χ0v) is 11.6. The summed E-state index contributed by atoms with van der Waals surface area (Å²) in [5.41, 5.74) is 7.97. The maximum Gasteiger partial charge on any atom is 0.254 e. The summed E-state index contributed by atoms with van der Waals surface area (Å²) in [5.74, 6) is -0.798. The predicted molar refractivity (Wildman–Crippen MR) is 75.4 cm³/mol. The van der Waals surface area contributed by atoms with Gasteiger partial charge in [0.2, 0.25) is 11.8 Å². The summed E-state index contributed by atoms with van der Waals surface area (Å²) in [7, 11) is 0. The van der Waals surface area contributed by atoms with Gasteiger partial charge in [-0.3, -0.25) is 19.7 Å². The van der Waals surface area contributed by atoms with Crippen LogP contribution in [0.1, 0.15) is 40.2 Å². The van der Waals surface area contributed by atoms with Crippen LogP contribution in [-0.4, -0.2) is 35.7 Å². The second-order valence-corrected chi connectivity index (χ2v) is 5.44. The van der Waals surface area contributed by atoms with E-state index in [0.717, 1.165) is 11.1 Å². The Morgan fingerprint density at radius 1 is 1.29 bits per heavy atom. The number of imide groups is 1. The quantitative estimate of drug-likeness (QED) is 0.772. The number of rotatable bonds is 3. The molecule has 0 saturated carbocycles. The van der Waals surface area contributed by atoms with Crippen molar-refractivity contribution in [2.75, 3.05) is 13.1 Å². The average molecular weight is 287 g/mol. The van der Waals surface area contributed by atoms with Crippen molar-refractivity contribution in [1.29, 1.82) is 0 Å². The Morgan fingerprint density at radius 2 is 2.10 bits per heavy atom. The molecule has 3 rings (SSSR count). The normalized spacial score (nSPS) is 21.5. The van der Waals surface area contributed by atoms with Crippen molar-refractivity contribution >= 4 is 17.7 Å². The summed E-state index contributed by atoms with van der Waals surface area (Å²) >= 11 is 0. The summed E-state index contributed by atoms with van der Waals surface area (Å²) < 4.78 is 0. The van der Waals surface area contributed by atoms with Crippen molar-refractivity contribution in [2.24, 2.45) is 5.73 Å². The van der Waals surface area contributed by atoms with Gasteiger partial charge in [0.1, 0.15) is 0 Å². The molecule has 1 fully saturated rings. The summed E-state index contributed by atoms with van der Waals surface area (Å²) in [6.45, 7) is 1.49. The van der Waals surface area contributed by atoms with Crippen molar-refractivity contribution in [3.8, 4) is 0 Å². The first kappa shape index (κ1) is 13.8. The largest absolute Gasteiger partial charge is 0.333 e. The molecular weight excluding hydrogens is 270 g/mol. The molecule has 0 aromatic heterocycles. The molecule has 0 spiro atoms. The van der Waals surface area contributed by atoms with Gasteiger partial charge < -0.3 is 10.6 Å². The minimum absolute atomic E-state index is 0.00901. The summed E-state index contributed by atoms with van der Waals surface area (Å²) in [6, 6.07) is 5.49. The Kier molecular flexibility index (Phi) is 3.47. The van der Waals surface area contributed by atoms with Crippen LogP contribution < -0.4 is 11.1 Å². The highest BCUT2D eigenvalue weighted by Crippen LogP contribution is 2.30. The molecule has 1 saturated heterocycles. The number of amides is 3. The Balaban J connectivity index is 1.85. The molecule has 3 amide bonds. The molecule has 0 bridgehead atoms. The predicted octanol–water partition coefficient (Wildman–Crippen LogP) is 0.121. The summed E-state index contributed by atoms with van der Waals surface area (Å²) in [4.78, 5) is 36.9. The molecule has 3 N–H and O–H groups in total. The molecule has 1 aromatic rings. The van der Waals surface area contributed by atoms with Gasteiger partial charge in [0, 0.05) is 31.6 Å². The second kappa shape index (κ2) is 5.29. The second-order valence-electron chi connectivity index (χ2n) is 5.44. The molecular formula is C15H17N3O3. The van der Waals surface area contributed by atoms with E-state index in [2.05, 4.69) is 5.32 Å². The first-order chi connectivity index (χ1) is 10.1. The average Bonchev–Trinajstić information content (AvgIpc) is 2.75. The van der Waals surface area contributed by atoms with Crippen molar-refractivity contribution in [3.63, 3.8) is 0 Å². The fraction of sp³-hybridized carbons (Fsp3) is 0.400. The molecule has 2 heterocycles. The summed E-state index contributed by atoms with van der Waals surface area (Å²) in [6.07, 6.45) is 0.871. The van der Waals surface area contributed by atoms with E-state index >= 15 is 0 Å². The molecule has 0 aliphatic carbocycles. The first-order valence-corrected chi connectivity index (χ1v) is 7.06. The SMILES string of the molecule is NCCN1Cc2cc(C3CCC(=O)NC3=O)ccc2C1=O. The Labute approximate surface area is 122 Å². The minimum Gasteiger partial charge on any atom is -0.333 e. The van der Waals surface area contributed by atoms with E-state index in [4.69, 9.17) is 5.73 Å². The standard InChI is InChI=1S/C15H17N3O3/c16-5-6-18-8-10-7-9(1-2-12(10)15(18)21)11-3-4-13(19)17-14(11)20/h1-2,7,11H,3-6,8,16H2,(H,17,19,20). The molecule has 6 nitrogen and oxygen atoms in total. The van der Waals surface area contributed by atoms with Gasteiger partial charge in [-0.1, -0.05) is 12.1 Å². The van der Waals surface area contributed by atoms with Gasteiger partial charge in [-0.2, -0.15) is 0 Å². The smallest absolute Gasteiger partial charge is 0.254 e. The van der Waals surface area contributed by atoms with E-state index in [9.17, 15) is 14.4 Å². The van der Waals surface area contributed by atoms with Crippen LogP contribution in [-0.2, 0) is 16.1 Å². The van der Waals surface area contributed by atoms with Crippen LogP contribution in [0.3, 0.4) is 0 Å². The number of benzene rings is 1. The minimum atomic E-state index is -0.313. The van der Waals surface area contributed by atoms with Gasteiger partial charge in [0.25, 0.3) is 5.91 Å². The maximum absolute atomic E-state index is 12.1. The Morgan fingerprint density at radius 3 is 2.81 bits per heavy atom. The van der Waals surface area contributed by atoms with Crippen molar-refractivity contribution in [3.05, 3.63) is 34.9 Å². The lowest BCUT2D eigenvalue weighted by Gasteiger charge is -2.21. The monoisotopic (exact) mass is 287 g/mol. The maximum atomic E-state index is 12.1. The van der Waals surface area contributed by atoms with Gasteiger partial charge in [-0.05, 0) is 23.6 Å². The first-order valence-electron chi connectivity index (χ1n) is 7.06. The van der Waals surface area contributed by atoms with E-state index in [-0.39, 0.29) is 23.6 Å². The zero-order chi connectivity index (χ0) is 15.0. The van der Waals surface area contributed by atoms with Gasteiger partial charge in [0.05, 0.1) is 5.92 Å². The van der Waals surface area contributed by atoms with Crippen LogP contribution in [0.2, 0.25) is 0 Å². The molecule has 6 heteroatoms. The summed E-state index contributed by atoms with van der Waals surface area (Å²) in [5, 5.41) is 2.36. The number of carbonyl (C=O) groups excluding carboxylic acids is 3. The zero-order valence-electron chi connectivity index (χ0n) is 11.6. The lowest BCUT2D eigenvalue weighted by atomic mass is 9.89. The number of fused-ring (bicyclic) bond motifs is 1. The number of piperidine rings is 1. The van der Waals surface area contributed by atoms with Gasteiger partial charge >= 0.3 is 0 Å². The Bertz CT molecular complexity index is 627. The van der Waals surface area contributed by atoms with Crippen LogP contribution in [0, 0.1) is 0 Å². The van der Waals surface area contributed by atoms with E-state index in [0.29, 0.717) is 38.0 Å². The third kappa shape index (κ3) is 2.42. The number of nitrogens with one attached hydrogen (secondary N) is 1. The molecule has 110 valence electrons. The third-order valence-corrected chi connectivity index (χ3v) is 4.05. The van der Waals surface area contributed by atoms with Crippen LogP contribution in [0.4, 0.5) is 0 Å². The molecule has 21 heavy (non-hydrogen) atoms. The lowest BCUT2D eigenvalue weighted by Crippen LogP contribution is -2.39. The number of hydrogen-bond donors (Lipinski definition) is 2. The number of hydrogen-bond acceptors (Lipinski definition) is 4. The molecule has 1 aromatic carbocycles. The molecule has 0 radical (unpaired) electrons.